The molecule has 1 amide bonds. The summed E-state index contributed by atoms with van der Waals surface area (Å²) in [6.07, 6.45) is 0. The summed E-state index contributed by atoms with van der Waals surface area (Å²) < 4.78 is 1.97. The zero-order valence-corrected chi connectivity index (χ0v) is 14.2. The van der Waals surface area contributed by atoms with Crippen LogP contribution in [0.2, 0.25) is 0 Å². The fourth-order valence-electron chi connectivity index (χ4n) is 1.99. The van der Waals surface area contributed by atoms with Gasteiger partial charge in [-0.3, -0.25) is 4.79 Å². The number of hydrogen-bond acceptors (Lipinski definition) is 2. The minimum atomic E-state index is -0.0897. The van der Waals surface area contributed by atoms with Gasteiger partial charge in [-0.05, 0) is 45.6 Å². The molecule has 0 saturated carbocycles. The van der Waals surface area contributed by atoms with Crippen LogP contribution in [0.5, 0.6) is 0 Å². The fraction of sp³-hybridized carbons (Fsp3) is 0. The van der Waals surface area contributed by atoms with Crippen molar-refractivity contribution in [1.29, 1.82) is 0 Å². The maximum Gasteiger partial charge on any atom is 0.265 e. The number of benzene rings is 2. The SMILES string of the molecule is O=C(Nc1ccc(Br)c2ccccc12)c1ccc(Br)s1. The van der Waals surface area contributed by atoms with E-state index in [1.54, 1.807) is 0 Å². The topological polar surface area (TPSA) is 29.1 Å². The summed E-state index contributed by atoms with van der Waals surface area (Å²) >= 11 is 8.32. The highest BCUT2D eigenvalue weighted by Gasteiger charge is 2.11. The van der Waals surface area contributed by atoms with Crippen LogP contribution >= 0.6 is 43.2 Å². The predicted octanol–water partition coefficient (Wildman–Crippen LogP) is 5.68. The summed E-state index contributed by atoms with van der Waals surface area (Å²) in [7, 11) is 0. The van der Waals surface area contributed by atoms with E-state index in [4.69, 9.17) is 0 Å². The third-order valence-electron chi connectivity index (χ3n) is 2.92. The molecule has 2 nitrogen and oxygen atoms in total. The normalized spacial score (nSPS) is 10.7. The van der Waals surface area contributed by atoms with Gasteiger partial charge in [-0.15, -0.1) is 11.3 Å². The van der Waals surface area contributed by atoms with Crippen LogP contribution in [0.3, 0.4) is 0 Å². The van der Waals surface area contributed by atoms with E-state index in [-0.39, 0.29) is 5.91 Å². The van der Waals surface area contributed by atoms with E-state index in [0.29, 0.717) is 4.88 Å². The lowest BCUT2D eigenvalue weighted by Crippen LogP contribution is -2.10. The molecular formula is C15H9Br2NOS. The molecule has 2 aromatic carbocycles. The van der Waals surface area contributed by atoms with Gasteiger partial charge in [-0.2, -0.15) is 0 Å². The van der Waals surface area contributed by atoms with Crippen LogP contribution in [0.25, 0.3) is 10.8 Å². The van der Waals surface area contributed by atoms with E-state index in [0.717, 1.165) is 24.7 Å². The van der Waals surface area contributed by atoms with Gasteiger partial charge in [0.15, 0.2) is 0 Å². The van der Waals surface area contributed by atoms with Crippen molar-refractivity contribution in [1.82, 2.24) is 0 Å². The first-order chi connectivity index (χ1) is 9.65. The van der Waals surface area contributed by atoms with Gasteiger partial charge in [0, 0.05) is 15.5 Å². The molecule has 0 saturated heterocycles. The number of anilines is 1. The first-order valence-corrected chi connectivity index (χ1v) is 8.29. The summed E-state index contributed by atoms with van der Waals surface area (Å²) in [5.74, 6) is -0.0897. The number of thiophene rings is 1. The molecule has 1 heterocycles. The number of nitrogens with one attached hydrogen (secondary N) is 1. The molecule has 20 heavy (non-hydrogen) atoms. The Hall–Kier alpha value is -1.17. The van der Waals surface area contributed by atoms with Gasteiger partial charge in [-0.25, -0.2) is 0 Å². The Morgan fingerprint density at radius 3 is 2.40 bits per heavy atom. The molecule has 0 atom stereocenters. The molecule has 100 valence electrons. The van der Waals surface area contributed by atoms with Crippen LogP contribution in [0.1, 0.15) is 9.67 Å². The highest BCUT2D eigenvalue weighted by molar-refractivity contribution is 9.11. The lowest BCUT2D eigenvalue weighted by atomic mass is 10.1. The summed E-state index contributed by atoms with van der Waals surface area (Å²) in [5, 5.41) is 5.07. The second-order valence-corrected chi connectivity index (χ2v) is 7.52. The van der Waals surface area contributed by atoms with Crippen molar-refractivity contribution in [2.45, 2.75) is 0 Å². The number of fused-ring (bicyclic) bond motifs is 1. The van der Waals surface area contributed by atoms with Crippen LogP contribution in [0, 0.1) is 0 Å². The minimum Gasteiger partial charge on any atom is -0.321 e. The Balaban J connectivity index is 1.99. The Kier molecular flexibility index (Phi) is 3.92. The van der Waals surface area contributed by atoms with Gasteiger partial charge in [0.05, 0.1) is 8.66 Å². The van der Waals surface area contributed by atoms with Gasteiger partial charge >= 0.3 is 0 Å². The number of carbonyl (C=O) groups is 1. The molecule has 0 unspecified atom stereocenters. The van der Waals surface area contributed by atoms with Crippen molar-refractivity contribution in [2.24, 2.45) is 0 Å². The third kappa shape index (κ3) is 2.66. The number of carbonyl (C=O) groups excluding carboxylic acids is 1. The Morgan fingerprint density at radius 2 is 1.70 bits per heavy atom. The van der Waals surface area contributed by atoms with E-state index in [9.17, 15) is 4.79 Å². The average molecular weight is 411 g/mol. The van der Waals surface area contributed by atoms with E-state index in [1.807, 2.05) is 48.5 Å². The van der Waals surface area contributed by atoms with Crippen LogP contribution in [-0.2, 0) is 0 Å². The molecule has 1 aromatic heterocycles. The molecular weight excluding hydrogens is 402 g/mol. The molecule has 0 aliphatic carbocycles. The van der Waals surface area contributed by atoms with Crippen LogP contribution in [-0.4, -0.2) is 5.91 Å². The summed E-state index contributed by atoms with van der Waals surface area (Å²) in [4.78, 5) is 12.9. The zero-order chi connectivity index (χ0) is 14.1. The van der Waals surface area contributed by atoms with Crippen LogP contribution in [0.4, 0.5) is 5.69 Å². The van der Waals surface area contributed by atoms with Crippen molar-refractivity contribution >= 4 is 65.6 Å². The van der Waals surface area contributed by atoms with Crippen molar-refractivity contribution in [3.05, 3.63) is 61.7 Å². The molecule has 3 rings (SSSR count). The number of rotatable bonds is 2. The fourth-order valence-corrected chi connectivity index (χ4v) is 3.75. The second-order valence-electron chi connectivity index (χ2n) is 4.20. The largest absolute Gasteiger partial charge is 0.321 e. The van der Waals surface area contributed by atoms with E-state index in [1.165, 1.54) is 11.3 Å². The molecule has 5 heteroatoms. The highest BCUT2D eigenvalue weighted by atomic mass is 79.9. The van der Waals surface area contributed by atoms with Crippen molar-refractivity contribution in [3.63, 3.8) is 0 Å². The summed E-state index contributed by atoms with van der Waals surface area (Å²) in [6.45, 7) is 0. The maximum absolute atomic E-state index is 12.2. The summed E-state index contributed by atoms with van der Waals surface area (Å²) in [5.41, 5.74) is 0.818. The standard InChI is InChI=1S/C15H9Br2NOS/c16-11-5-6-12(10-4-2-1-3-9(10)11)18-15(19)13-7-8-14(17)20-13/h1-8H,(H,18,19). The number of hydrogen-bond donors (Lipinski definition) is 1. The van der Waals surface area contributed by atoms with Crippen molar-refractivity contribution < 1.29 is 4.79 Å². The molecule has 0 bridgehead atoms. The zero-order valence-electron chi connectivity index (χ0n) is 10.2. The van der Waals surface area contributed by atoms with Gasteiger partial charge in [0.2, 0.25) is 0 Å². The van der Waals surface area contributed by atoms with E-state index < -0.39 is 0 Å². The molecule has 0 aliphatic heterocycles. The molecule has 0 aliphatic rings. The van der Waals surface area contributed by atoms with Gasteiger partial charge in [-0.1, -0.05) is 40.2 Å². The maximum atomic E-state index is 12.2. The number of halogens is 2. The first kappa shape index (κ1) is 13.8. The molecule has 0 fully saturated rings. The predicted molar refractivity (Wildman–Crippen MR) is 91.6 cm³/mol. The van der Waals surface area contributed by atoms with Crippen molar-refractivity contribution in [2.75, 3.05) is 5.32 Å². The van der Waals surface area contributed by atoms with E-state index in [2.05, 4.69) is 37.2 Å². The lowest BCUT2D eigenvalue weighted by molar-refractivity contribution is 0.103. The van der Waals surface area contributed by atoms with Crippen LogP contribution in [0.15, 0.2) is 56.8 Å². The summed E-state index contributed by atoms with van der Waals surface area (Å²) in [6, 6.07) is 15.5. The van der Waals surface area contributed by atoms with Gasteiger partial charge in [0.1, 0.15) is 0 Å². The quantitative estimate of drug-likeness (QED) is 0.578. The van der Waals surface area contributed by atoms with E-state index >= 15 is 0 Å². The average Bonchev–Trinajstić information content (AvgIpc) is 2.89. The third-order valence-corrected chi connectivity index (χ3v) is 5.23. The molecule has 1 N–H and O–H groups in total. The van der Waals surface area contributed by atoms with Gasteiger partial charge in [0.25, 0.3) is 5.91 Å². The Labute approximate surface area is 137 Å². The molecule has 3 aromatic rings. The smallest absolute Gasteiger partial charge is 0.265 e. The Morgan fingerprint density at radius 1 is 0.950 bits per heavy atom. The van der Waals surface area contributed by atoms with Gasteiger partial charge < -0.3 is 5.32 Å². The lowest BCUT2D eigenvalue weighted by Gasteiger charge is -2.09. The number of amides is 1. The monoisotopic (exact) mass is 409 g/mol. The highest BCUT2D eigenvalue weighted by Crippen LogP contribution is 2.31. The Bertz CT molecular complexity index is 797. The van der Waals surface area contributed by atoms with Crippen LogP contribution < -0.4 is 5.32 Å². The minimum absolute atomic E-state index is 0.0897. The molecule has 0 spiro atoms. The van der Waals surface area contributed by atoms with Crippen molar-refractivity contribution in [3.8, 4) is 0 Å². The second kappa shape index (κ2) is 5.68. The molecule has 0 radical (unpaired) electrons. The first-order valence-electron chi connectivity index (χ1n) is 5.89.